The summed E-state index contributed by atoms with van der Waals surface area (Å²) in [6, 6.07) is 0.422. The zero-order valence-electron chi connectivity index (χ0n) is 12.5. The molecule has 21 heavy (non-hydrogen) atoms. The Bertz CT molecular complexity index is 604. The summed E-state index contributed by atoms with van der Waals surface area (Å²) in [5.41, 5.74) is 3.86. The fourth-order valence-electron chi connectivity index (χ4n) is 3.62. The van der Waals surface area contributed by atoms with Crippen molar-refractivity contribution in [3.8, 4) is 0 Å². The van der Waals surface area contributed by atoms with Crippen molar-refractivity contribution in [2.75, 3.05) is 6.54 Å². The second-order valence-corrected chi connectivity index (χ2v) is 6.23. The minimum atomic E-state index is 0.422. The minimum absolute atomic E-state index is 0.422. The van der Waals surface area contributed by atoms with Crippen molar-refractivity contribution in [1.82, 2.24) is 29.9 Å². The van der Waals surface area contributed by atoms with Crippen LogP contribution in [-0.2, 0) is 26.4 Å². The number of aromatic amines is 1. The molecule has 3 heterocycles. The second kappa shape index (κ2) is 5.26. The lowest BCUT2D eigenvalue weighted by molar-refractivity contribution is 0.234. The topological polar surface area (TPSA) is 62.6 Å². The molecule has 1 N–H and O–H groups in total. The van der Waals surface area contributed by atoms with E-state index in [-0.39, 0.29) is 0 Å². The molecule has 2 aromatic rings. The highest BCUT2D eigenvalue weighted by Crippen LogP contribution is 2.33. The Labute approximate surface area is 124 Å². The lowest BCUT2D eigenvalue weighted by atomic mass is 10.0. The first-order valence-electron chi connectivity index (χ1n) is 7.96. The third kappa shape index (κ3) is 2.37. The first-order valence-corrected chi connectivity index (χ1v) is 7.96. The van der Waals surface area contributed by atoms with E-state index < -0.39 is 0 Å². The molecule has 6 nitrogen and oxygen atoms in total. The van der Waals surface area contributed by atoms with Gasteiger partial charge in [0.25, 0.3) is 0 Å². The summed E-state index contributed by atoms with van der Waals surface area (Å²) in [4.78, 5) is 11.0. The molecule has 0 amide bonds. The number of nitrogens with zero attached hydrogens (tertiary/aromatic N) is 5. The summed E-state index contributed by atoms with van der Waals surface area (Å²) >= 11 is 0. The maximum absolute atomic E-state index is 4.90. The van der Waals surface area contributed by atoms with Crippen molar-refractivity contribution in [2.24, 2.45) is 7.05 Å². The molecule has 6 heteroatoms. The number of imidazole rings is 1. The predicted molar refractivity (Wildman–Crippen MR) is 78.6 cm³/mol. The highest BCUT2D eigenvalue weighted by atomic mass is 15.4. The van der Waals surface area contributed by atoms with Gasteiger partial charge in [-0.15, -0.1) is 5.10 Å². The smallest absolute Gasteiger partial charge is 0.124 e. The number of nitrogens with one attached hydrogen (secondary N) is 1. The van der Waals surface area contributed by atoms with Crippen LogP contribution in [0.15, 0.2) is 6.20 Å². The number of rotatable bonds is 3. The van der Waals surface area contributed by atoms with Gasteiger partial charge in [0.15, 0.2) is 0 Å². The van der Waals surface area contributed by atoms with Gasteiger partial charge in [-0.1, -0.05) is 5.21 Å². The standard InChI is InChI=1S/C15H22N6/c1-20-11(9-16-19-20)10-21-8-4-7-14(21)15-17-12-5-2-3-6-13(12)18-15/h9,14H,2-8,10H2,1H3,(H,17,18)/t14-/m0/s1. The molecule has 0 unspecified atom stereocenters. The highest BCUT2D eigenvalue weighted by Gasteiger charge is 2.30. The van der Waals surface area contributed by atoms with Crippen LogP contribution in [0.1, 0.15) is 54.6 Å². The van der Waals surface area contributed by atoms with Gasteiger partial charge in [-0.3, -0.25) is 9.58 Å². The number of likely N-dealkylation sites (tertiary alicyclic amines) is 1. The van der Waals surface area contributed by atoms with Gasteiger partial charge in [0, 0.05) is 19.3 Å². The van der Waals surface area contributed by atoms with Gasteiger partial charge in [-0.25, -0.2) is 4.98 Å². The van der Waals surface area contributed by atoms with Crippen molar-refractivity contribution >= 4 is 0 Å². The summed E-state index contributed by atoms with van der Waals surface area (Å²) in [5, 5.41) is 8.00. The van der Waals surface area contributed by atoms with Crippen LogP contribution in [0.5, 0.6) is 0 Å². The Hall–Kier alpha value is -1.69. The predicted octanol–water partition coefficient (Wildman–Crippen LogP) is 1.75. The molecule has 112 valence electrons. The SMILES string of the molecule is Cn1nncc1CN1CCC[C@H]1c1nc2c([nH]1)CCCC2. The monoisotopic (exact) mass is 286 g/mol. The molecule has 1 aliphatic carbocycles. The zero-order chi connectivity index (χ0) is 14.2. The summed E-state index contributed by atoms with van der Waals surface area (Å²) in [6.07, 6.45) is 9.18. The largest absolute Gasteiger partial charge is 0.344 e. The van der Waals surface area contributed by atoms with Crippen molar-refractivity contribution in [1.29, 1.82) is 0 Å². The highest BCUT2D eigenvalue weighted by molar-refractivity contribution is 5.19. The summed E-state index contributed by atoms with van der Waals surface area (Å²) in [6.45, 7) is 2.03. The van der Waals surface area contributed by atoms with E-state index in [9.17, 15) is 0 Å². The van der Waals surface area contributed by atoms with E-state index in [1.807, 2.05) is 17.9 Å². The summed E-state index contributed by atoms with van der Waals surface area (Å²) < 4.78 is 1.86. The fraction of sp³-hybridized carbons (Fsp3) is 0.667. The summed E-state index contributed by atoms with van der Waals surface area (Å²) in [7, 11) is 1.96. The zero-order valence-corrected chi connectivity index (χ0v) is 12.5. The van der Waals surface area contributed by atoms with Crippen molar-refractivity contribution in [3.05, 3.63) is 29.1 Å². The van der Waals surface area contributed by atoms with Crippen molar-refractivity contribution in [3.63, 3.8) is 0 Å². The van der Waals surface area contributed by atoms with E-state index in [1.54, 1.807) is 0 Å². The molecule has 0 spiro atoms. The Kier molecular flexibility index (Phi) is 3.25. The Morgan fingerprint density at radius 3 is 3.00 bits per heavy atom. The number of hydrogen-bond acceptors (Lipinski definition) is 4. The maximum atomic E-state index is 4.90. The van der Waals surface area contributed by atoms with E-state index in [4.69, 9.17) is 4.98 Å². The molecule has 1 fully saturated rings. The lowest BCUT2D eigenvalue weighted by Crippen LogP contribution is -2.24. The number of hydrogen-bond donors (Lipinski definition) is 1. The van der Waals surface area contributed by atoms with Crippen LogP contribution in [0.3, 0.4) is 0 Å². The van der Waals surface area contributed by atoms with Gasteiger partial charge in [-0.2, -0.15) is 0 Å². The second-order valence-electron chi connectivity index (χ2n) is 6.23. The van der Waals surface area contributed by atoms with Crippen LogP contribution in [-0.4, -0.2) is 36.4 Å². The van der Waals surface area contributed by atoms with Gasteiger partial charge < -0.3 is 4.98 Å². The van der Waals surface area contributed by atoms with Gasteiger partial charge in [0.05, 0.1) is 23.6 Å². The van der Waals surface area contributed by atoms with Gasteiger partial charge in [0.2, 0.25) is 0 Å². The van der Waals surface area contributed by atoms with Crippen LogP contribution < -0.4 is 0 Å². The Morgan fingerprint density at radius 1 is 1.29 bits per heavy atom. The molecule has 2 aliphatic rings. The first kappa shape index (κ1) is 13.0. The van der Waals surface area contributed by atoms with E-state index in [1.165, 1.54) is 55.0 Å². The van der Waals surface area contributed by atoms with E-state index in [0.29, 0.717) is 6.04 Å². The molecule has 2 aromatic heterocycles. The third-order valence-electron chi connectivity index (χ3n) is 4.83. The molecule has 4 rings (SSSR count). The summed E-state index contributed by atoms with van der Waals surface area (Å²) in [5.74, 6) is 1.18. The van der Waals surface area contributed by atoms with Gasteiger partial charge in [-0.05, 0) is 45.1 Å². The molecule has 0 radical (unpaired) electrons. The Morgan fingerprint density at radius 2 is 2.19 bits per heavy atom. The van der Waals surface area contributed by atoms with E-state index >= 15 is 0 Å². The molecule has 0 saturated carbocycles. The van der Waals surface area contributed by atoms with Crippen LogP contribution >= 0.6 is 0 Å². The first-order chi connectivity index (χ1) is 10.3. The number of H-pyrrole nitrogens is 1. The molecule has 1 atom stereocenters. The van der Waals surface area contributed by atoms with Crippen LogP contribution in [0, 0.1) is 0 Å². The van der Waals surface area contributed by atoms with Crippen molar-refractivity contribution < 1.29 is 0 Å². The van der Waals surface area contributed by atoms with Crippen molar-refractivity contribution in [2.45, 2.75) is 51.1 Å². The number of aromatic nitrogens is 5. The molecular formula is C15H22N6. The third-order valence-corrected chi connectivity index (χ3v) is 4.83. The van der Waals surface area contributed by atoms with E-state index in [0.717, 1.165) is 19.5 Å². The minimum Gasteiger partial charge on any atom is -0.344 e. The molecular weight excluding hydrogens is 264 g/mol. The molecule has 0 aromatic carbocycles. The molecule has 1 aliphatic heterocycles. The van der Waals surface area contributed by atoms with Crippen LogP contribution in [0.4, 0.5) is 0 Å². The van der Waals surface area contributed by atoms with E-state index in [2.05, 4.69) is 20.2 Å². The van der Waals surface area contributed by atoms with Crippen LogP contribution in [0.25, 0.3) is 0 Å². The maximum Gasteiger partial charge on any atom is 0.124 e. The number of aryl methyl sites for hydroxylation is 3. The van der Waals surface area contributed by atoms with Crippen LogP contribution in [0.2, 0.25) is 0 Å². The average molecular weight is 286 g/mol. The quantitative estimate of drug-likeness (QED) is 0.934. The fourth-order valence-corrected chi connectivity index (χ4v) is 3.62. The number of fused-ring (bicyclic) bond motifs is 1. The molecule has 0 bridgehead atoms. The van der Waals surface area contributed by atoms with Gasteiger partial charge in [0.1, 0.15) is 5.82 Å². The normalized spacial score (nSPS) is 22.6. The Balaban J connectivity index is 1.56. The molecule has 1 saturated heterocycles. The average Bonchev–Trinajstić information content (AvgIpc) is 3.19. The van der Waals surface area contributed by atoms with Gasteiger partial charge >= 0.3 is 0 Å². The lowest BCUT2D eigenvalue weighted by Gasteiger charge is -2.22.